The third-order valence-electron chi connectivity index (χ3n) is 2.39. The molecule has 1 heterocycles. The minimum Gasteiger partial charge on any atom is -0.444 e. The van der Waals surface area contributed by atoms with Gasteiger partial charge in [-0.3, -0.25) is 4.68 Å². The lowest BCUT2D eigenvalue weighted by molar-refractivity contribution is -0.00386. The molecule has 0 bridgehead atoms. The van der Waals surface area contributed by atoms with Gasteiger partial charge in [0, 0.05) is 13.6 Å². The lowest BCUT2D eigenvalue weighted by Gasteiger charge is -2.22. The maximum absolute atomic E-state index is 13.6. The first-order chi connectivity index (χ1) is 9.59. The Kier molecular flexibility index (Phi) is 5.59. The quantitative estimate of drug-likeness (QED) is 0.821. The number of aryl methyl sites for hydroxylation is 1. The molecule has 1 aromatic rings. The molecule has 0 saturated heterocycles. The molecule has 0 aliphatic rings. The zero-order chi connectivity index (χ0) is 16.1. The first-order valence-corrected chi connectivity index (χ1v) is 6.48. The fourth-order valence-corrected chi connectivity index (χ4v) is 1.42. The summed E-state index contributed by atoms with van der Waals surface area (Å²) in [6, 6.07) is 0. The Balaban J connectivity index is 2.30. The Morgan fingerprint density at radius 1 is 1.38 bits per heavy atom. The van der Waals surface area contributed by atoms with Crippen LogP contribution in [-0.2, 0) is 18.3 Å². The summed E-state index contributed by atoms with van der Waals surface area (Å²) in [7, 11) is 1.67. The minimum absolute atomic E-state index is 0.214. The zero-order valence-corrected chi connectivity index (χ0v) is 12.6. The topological polar surface area (TPSA) is 81.1 Å². The standard InChI is InChI=1S/C12H21F2N5O2/c1-11(2,3)21-10(20)16-8-12(13,14)7-15-5-9-6-17-18-19(9)4/h6,15H,5,7-8H2,1-4H3,(H,16,20). The van der Waals surface area contributed by atoms with E-state index in [1.54, 1.807) is 27.8 Å². The molecule has 0 aromatic carbocycles. The third kappa shape index (κ3) is 6.98. The zero-order valence-electron chi connectivity index (χ0n) is 12.6. The van der Waals surface area contributed by atoms with Gasteiger partial charge in [0.25, 0.3) is 5.92 Å². The van der Waals surface area contributed by atoms with E-state index in [0.717, 1.165) is 0 Å². The fraction of sp³-hybridized carbons (Fsp3) is 0.750. The maximum atomic E-state index is 13.6. The molecule has 0 saturated carbocycles. The normalized spacial score (nSPS) is 12.3. The van der Waals surface area contributed by atoms with Gasteiger partial charge in [-0.25, -0.2) is 13.6 Å². The van der Waals surface area contributed by atoms with Gasteiger partial charge in [0.05, 0.1) is 25.0 Å². The van der Waals surface area contributed by atoms with Crippen LogP contribution >= 0.6 is 0 Å². The number of hydrogen-bond donors (Lipinski definition) is 2. The Hall–Kier alpha value is -1.77. The van der Waals surface area contributed by atoms with E-state index in [4.69, 9.17) is 4.74 Å². The van der Waals surface area contributed by atoms with Gasteiger partial charge in [0.15, 0.2) is 0 Å². The van der Waals surface area contributed by atoms with E-state index in [9.17, 15) is 13.6 Å². The number of aromatic nitrogens is 3. The van der Waals surface area contributed by atoms with Crippen LogP contribution in [0.3, 0.4) is 0 Å². The predicted octanol–water partition coefficient (Wildman–Crippen LogP) is 1.06. The second-order valence-electron chi connectivity index (χ2n) is 5.66. The maximum Gasteiger partial charge on any atom is 0.407 e. The van der Waals surface area contributed by atoms with Crippen molar-refractivity contribution >= 4 is 6.09 Å². The second kappa shape index (κ2) is 6.79. The van der Waals surface area contributed by atoms with Crippen LogP contribution in [0.4, 0.5) is 13.6 Å². The molecule has 0 radical (unpaired) electrons. The van der Waals surface area contributed by atoms with Crippen LogP contribution in [0.25, 0.3) is 0 Å². The molecule has 0 atom stereocenters. The highest BCUT2D eigenvalue weighted by Crippen LogP contribution is 2.12. The van der Waals surface area contributed by atoms with Crippen molar-refractivity contribution in [1.82, 2.24) is 25.6 Å². The van der Waals surface area contributed by atoms with Crippen LogP contribution in [0, 0.1) is 0 Å². The van der Waals surface area contributed by atoms with Crippen LogP contribution in [0.2, 0.25) is 0 Å². The monoisotopic (exact) mass is 305 g/mol. The molecule has 0 fully saturated rings. The van der Waals surface area contributed by atoms with E-state index in [-0.39, 0.29) is 6.54 Å². The average Bonchev–Trinajstić information content (AvgIpc) is 2.71. The number of rotatable bonds is 6. The molecule has 1 aromatic heterocycles. The highest BCUT2D eigenvalue weighted by atomic mass is 19.3. The molecule has 0 aliphatic heterocycles. The summed E-state index contributed by atoms with van der Waals surface area (Å²) in [6.45, 7) is 3.83. The van der Waals surface area contributed by atoms with E-state index in [0.29, 0.717) is 5.69 Å². The molecule has 120 valence electrons. The molecule has 1 rings (SSSR count). The van der Waals surface area contributed by atoms with Crippen LogP contribution in [0.15, 0.2) is 6.20 Å². The van der Waals surface area contributed by atoms with E-state index in [2.05, 4.69) is 20.9 Å². The summed E-state index contributed by atoms with van der Waals surface area (Å²) in [5.74, 6) is -3.08. The predicted molar refractivity (Wildman–Crippen MR) is 71.9 cm³/mol. The number of carbonyl (C=O) groups excluding carboxylic acids is 1. The van der Waals surface area contributed by atoms with Crippen molar-refractivity contribution in [1.29, 1.82) is 0 Å². The number of halogens is 2. The van der Waals surface area contributed by atoms with Crippen molar-refractivity contribution in [3.63, 3.8) is 0 Å². The molecule has 21 heavy (non-hydrogen) atoms. The summed E-state index contributed by atoms with van der Waals surface area (Å²) in [5, 5.41) is 12.0. The van der Waals surface area contributed by atoms with Gasteiger partial charge in [-0.2, -0.15) is 0 Å². The third-order valence-corrected chi connectivity index (χ3v) is 2.39. The number of alkyl halides is 2. The van der Waals surface area contributed by atoms with Crippen LogP contribution in [0.1, 0.15) is 26.5 Å². The van der Waals surface area contributed by atoms with Gasteiger partial charge in [-0.15, -0.1) is 5.10 Å². The Morgan fingerprint density at radius 2 is 2.05 bits per heavy atom. The van der Waals surface area contributed by atoms with Gasteiger partial charge in [-0.1, -0.05) is 5.21 Å². The van der Waals surface area contributed by atoms with Gasteiger partial charge < -0.3 is 15.4 Å². The average molecular weight is 305 g/mol. The summed E-state index contributed by atoms with van der Waals surface area (Å²) >= 11 is 0. The second-order valence-corrected chi connectivity index (χ2v) is 5.66. The number of ether oxygens (including phenoxy) is 1. The smallest absolute Gasteiger partial charge is 0.407 e. The van der Waals surface area contributed by atoms with Crippen molar-refractivity contribution < 1.29 is 18.3 Å². The fourth-order valence-electron chi connectivity index (χ4n) is 1.42. The lowest BCUT2D eigenvalue weighted by Crippen LogP contribution is -2.44. The van der Waals surface area contributed by atoms with Gasteiger partial charge in [0.2, 0.25) is 0 Å². The molecule has 1 amide bonds. The Labute approximate surface area is 122 Å². The van der Waals surface area contributed by atoms with Crippen LogP contribution in [-0.4, -0.2) is 45.7 Å². The van der Waals surface area contributed by atoms with E-state index >= 15 is 0 Å². The summed E-state index contributed by atoms with van der Waals surface area (Å²) in [4.78, 5) is 11.3. The van der Waals surface area contributed by atoms with E-state index in [1.165, 1.54) is 10.9 Å². The SMILES string of the molecule is Cn1nncc1CNCC(F)(F)CNC(=O)OC(C)(C)C. The number of amides is 1. The minimum atomic E-state index is -3.08. The van der Waals surface area contributed by atoms with Crippen LogP contribution in [0.5, 0.6) is 0 Å². The van der Waals surface area contributed by atoms with Gasteiger partial charge in [-0.05, 0) is 20.8 Å². The first-order valence-electron chi connectivity index (χ1n) is 6.48. The molecular formula is C12H21F2N5O2. The van der Waals surface area contributed by atoms with Crippen molar-refractivity contribution in [3.05, 3.63) is 11.9 Å². The number of alkyl carbamates (subject to hydrolysis) is 1. The van der Waals surface area contributed by atoms with E-state index in [1.807, 2.05) is 0 Å². The molecule has 0 aliphatic carbocycles. The number of nitrogens with zero attached hydrogens (tertiary/aromatic N) is 3. The Bertz CT molecular complexity index is 470. The number of nitrogens with one attached hydrogen (secondary N) is 2. The van der Waals surface area contributed by atoms with Crippen LogP contribution < -0.4 is 10.6 Å². The molecule has 7 nitrogen and oxygen atoms in total. The first kappa shape index (κ1) is 17.3. The summed E-state index contributed by atoms with van der Waals surface area (Å²) in [5.41, 5.74) is -0.0321. The summed E-state index contributed by atoms with van der Waals surface area (Å²) in [6.07, 6.45) is 0.627. The molecule has 0 spiro atoms. The Morgan fingerprint density at radius 3 is 2.57 bits per heavy atom. The molecular weight excluding hydrogens is 284 g/mol. The number of carbonyl (C=O) groups is 1. The molecule has 0 unspecified atom stereocenters. The highest BCUT2D eigenvalue weighted by Gasteiger charge is 2.30. The van der Waals surface area contributed by atoms with Crippen molar-refractivity contribution in [2.75, 3.05) is 13.1 Å². The van der Waals surface area contributed by atoms with Crippen molar-refractivity contribution in [2.24, 2.45) is 7.05 Å². The van der Waals surface area contributed by atoms with Crippen molar-refractivity contribution in [2.45, 2.75) is 38.8 Å². The van der Waals surface area contributed by atoms with Gasteiger partial charge in [0.1, 0.15) is 5.60 Å². The van der Waals surface area contributed by atoms with E-state index < -0.39 is 30.7 Å². The highest BCUT2D eigenvalue weighted by molar-refractivity contribution is 5.67. The summed E-state index contributed by atoms with van der Waals surface area (Å²) < 4.78 is 33.5. The largest absolute Gasteiger partial charge is 0.444 e. The molecule has 2 N–H and O–H groups in total. The lowest BCUT2D eigenvalue weighted by atomic mass is 10.2. The van der Waals surface area contributed by atoms with Crippen molar-refractivity contribution in [3.8, 4) is 0 Å². The number of hydrogen-bond acceptors (Lipinski definition) is 5. The van der Waals surface area contributed by atoms with Gasteiger partial charge >= 0.3 is 6.09 Å². The molecule has 9 heteroatoms.